The van der Waals surface area contributed by atoms with Gasteiger partial charge >= 0.3 is 90.9 Å². The maximum atomic E-state index is 5.29. The van der Waals surface area contributed by atoms with Crippen LogP contribution in [0.2, 0.25) is 0 Å². The standard InChI is InChI=1S/C11H9O.Sn/c1-12-11-8-4-6-9-5-2-3-7-10(9)11;/h2-5,7-8H,1H3;. The third-order valence-electron chi connectivity index (χ3n) is 2.10. The van der Waals surface area contributed by atoms with E-state index in [0.717, 1.165) is 5.75 Å². The van der Waals surface area contributed by atoms with E-state index in [1.54, 1.807) is 7.11 Å². The van der Waals surface area contributed by atoms with Gasteiger partial charge in [-0.3, -0.25) is 0 Å². The minimum absolute atomic E-state index is 0.960. The second-order valence-corrected chi connectivity index (χ2v) is 4.40. The Morgan fingerprint density at radius 1 is 1.00 bits per heavy atom. The van der Waals surface area contributed by atoms with Crippen molar-refractivity contribution in [1.29, 1.82) is 0 Å². The fraction of sp³-hybridized carbons (Fsp3) is 0.0909. The number of benzene rings is 2. The number of hydrogen-bond donors (Lipinski definition) is 0. The summed E-state index contributed by atoms with van der Waals surface area (Å²) in [5, 5.41) is 2.51. The fourth-order valence-electron chi connectivity index (χ4n) is 1.45. The molecule has 63 valence electrons. The molecule has 0 bridgehead atoms. The maximum absolute atomic E-state index is 5.29. The van der Waals surface area contributed by atoms with Crippen molar-refractivity contribution in [3.05, 3.63) is 36.4 Å². The molecule has 0 amide bonds. The summed E-state index contributed by atoms with van der Waals surface area (Å²) in [6, 6.07) is 12.5. The molecule has 2 aromatic rings. The minimum atomic E-state index is 0.960. The molecule has 0 saturated carbocycles. The van der Waals surface area contributed by atoms with Crippen molar-refractivity contribution in [2.75, 3.05) is 7.11 Å². The van der Waals surface area contributed by atoms with Crippen molar-refractivity contribution in [3.63, 3.8) is 0 Å². The number of methoxy groups -OCH3 is 1. The zero-order chi connectivity index (χ0) is 9.26. The van der Waals surface area contributed by atoms with Crippen molar-refractivity contribution in [1.82, 2.24) is 0 Å². The first kappa shape index (κ1) is 8.88. The molecule has 0 heterocycles. The molecule has 2 rings (SSSR count). The van der Waals surface area contributed by atoms with Gasteiger partial charge in [-0.1, -0.05) is 0 Å². The molecule has 1 nitrogen and oxygen atoms in total. The molecule has 0 aliphatic rings. The molecule has 13 heavy (non-hydrogen) atoms. The zero-order valence-corrected chi connectivity index (χ0v) is 10.2. The van der Waals surface area contributed by atoms with Gasteiger partial charge < -0.3 is 0 Å². The molecular formula is C11H9OSn. The third kappa shape index (κ3) is 1.53. The van der Waals surface area contributed by atoms with Gasteiger partial charge in [0.15, 0.2) is 0 Å². The summed E-state index contributed by atoms with van der Waals surface area (Å²) in [7, 11) is 1.71. The van der Waals surface area contributed by atoms with E-state index >= 15 is 0 Å². The average molecular weight is 276 g/mol. The molecule has 0 aliphatic heterocycles. The predicted octanol–water partition coefficient (Wildman–Crippen LogP) is 1.64. The molecule has 0 unspecified atom stereocenters. The average Bonchev–Trinajstić information content (AvgIpc) is 2.19. The first-order valence-corrected chi connectivity index (χ1v) is 5.53. The summed E-state index contributed by atoms with van der Waals surface area (Å²) in [6.07, 6.45) is 0. The Kier molecular flexibility index (Phi) is 2.44. The van der Waals surface area contributed by atoms with Crippen LogP contribution in [0.15, 0.2) is 36.4 Å². The predicted molar refractivity (Wildman–Crippen MR) is 55.9 cm³/mol. The quantitative estimate of drug-likeness (QED) is 0.719. The van der Waals surface area contributed by atoms with Crippen LogP contribution < -0.4 is 8.32 Å². The Morgan fingerprint density at radius 3 is 2.38 bits per heavy atom. The second-order valence-electron chi connectivity index (χ2n) is 2.86. The third-order valence-corrected chi connectivity index (χ3v) is 3.35. The van der Waals surface area contributed by atoms with Gasteiger partial charge in [-0.25, -0.2) is 0 Å². The molecule has 0 fully saturated rings. The summed E-state index contributed by atoms with van der Waals surface area (Å²) in [5.74, 6) is 0.960. The molecule has 0 aromatic heterocycles. The van der Waals surface area contributed by atoms with Gasteiger partial charge in [-0.05, 0) is 0 Å². The Hall–Kier alpha value is -0.701. The van der Waals surface area contributed by atoms with E-state index in [9.17, 15) is 0 Å². The molecule has 0 spiro atoms. The summed E-state index contributed by atoms with van der Waals surface area (Å²) in [6.45, 7) is 0. The van der Waals surface area contributed by atoms with Crippen LogP contribution in [0.4, 0.5) is 0 Å². The second kappa shape index (κ2) is 3.58. The first-order chi connectivity index (χ1) is 6.33. The van der Waals surface area contributed by atoms with Crippen LogP contribution in [0, 0.1) is 0 Å². The van der Waals surface area contributed by atoms with Crippen molar-refractivity contribution >= 4 is 36.9 Å². The Labute approximate surface area is 90.8 Å². The van der Waals surface area contributed by atoms with E-state index in [1.165, 1.54) is 36.9 Å². The van der Waals surface area contributed by atoms with E-state index < -0.39 is 0 Å². The molecule has 0 atom stereocenters. The number of rotatable bonds is 1. The Bertz CT molecular complexity index is 437. The number of ether oxygens (including phenoxy) is 1. The van der Waals surface area contributed by atoms with Crippen molar-refractivity contribution in [2.45, 2.75) is 0 Å². The SMILES string of the molecule is COc1cc[c]([Sn])c2ccccc12. The van der Waals surface area contributed by atoms with Gasteiger partial charge in [0.1, 0.15) is 0 Å². The topological polar surface area (TPSA) is 9.23 Å². The summed E-state index contributed by atoms with van der Waals surface area (Å²) in [4.78, 5) is 0. The monoisotopic (exact) mass is 277 g/mol. The van der Waals surface area contributed by atoms with Crippen molar-refractivity contribution in [3.8, 4) is 5.75 Å². The molecule has 0 N–H and O–H groups in total. The van der Waals surface area contributed by atoms with E-state index in [-0.39, 0.29) is 0 Å². The van der Waals surface area contributed by atoms with E-state index in [2.05, 4.69) is 24.3 Å². The molecule has 2 heteroatoms. The summed E-state index contributed by atoms with van der Waals surface area (Å²) in [5.41, 5.74) is 0. The Balaban J connectivity index is 2.84. The van der Waals surface area contributed by atoms with Gasteiger partial charge in [0.2, 0.25) is 0 Å². The van der Waals surface area contributed by atoms with Gasteiger partial charge in [0, 0.05) is 0 Å². The van der Waals surface area contributed by atoms with Crippen LogP contribution in [0.5, 0.6) is 5.75 Å². The van der Waals surface area contributed by atoms with E-state index in [1.807, 2.05) is 12.1 Å². The number of hydrogen-bond acceptors (Lipinski definition) is 1. The normalized spacial score (nSPS) is 10.3. The van der Waals surface area contributed by atoms with Gasteiger partial charge in [0.05, 0.1) is 0 Å². The number of fused-ring (bicyclic) bond motifs is 1. The van der Waals surface area contributed by atoms with Crippen LogP contribution in [-0.2, 0) is 0 Å². The van der Waals surface area contributed by atoms with E-state index in [0.29, 0.717) is 0 Å². The molecule has 3 radical (unpaired) electrons. The molecule has 0 aliphatic carbocycles. The van der Waals surface area contributed by atoms with Crippen molar-refractivity contribution in [2.24, 2.45) is 0 Å². The van der Waals surface area contributed by atoms with Gasteiger partial charge in [-0.15, -0.1) is 0 Å². The van der Waals surface area contributed by atoms with Gasteiger partial charge in [-0.2, -0.15) is 0 Å². The van der Waals surface area contributed by atoms with Crippen LogP contribution >= 0.6 is 0 Å². The van der Waals surface area contributed by atoms with Crippen LogP contribution in [-0.4, -0.2) is 29.6 Å². The summed E-state index contributed by atoms with van der Waals surface area (Å²) >= 11 is 1.44. The summed E-state index contributed by atoms with van der Waals surface area (Å²) < 4.78 is 6.67. The van der Waals surface area contributed by atoms with Gasteiger partial charge in [0.25, 0.3) is 0 Å². The first-order valence-electron chi connectivity index (χ1n) is 4.10. The fourth-order valence-corrected chi connectivity index (χ4v) is 2.31. The van der Waals surface area contributed by atoms with Crippen LogP contribution in [0.1, 0.15) is 0 Å². The molecular weight excluding hydrogens is 267 g/mol. The molecule has 0 saturated heterocycles. The van der Waals surface area contributed by atoms with E-state index in [4.69, 9.17) is 4.74 Å². The van der Waals surface area contributed by atoms with Crippen LogP contribution in [0.25, 0.3) is 10.8 Å². The van der Waals surface area contributed by atoms with Crippen LogP contribution in [0.3, 0.4) is 0 Å². The Morgan fingerprint density at radius 2 is 1.69 bits per heavy atom. The molecule has 2 aromatic carbocycles. The zero-order valence-electron chi connectivity index (χ0n) is 7.37. The van der Waals surface area contributed by atoms with Crippen molar-refractivity contribution < 1.29 is 4.74 Å².